The number of anilines is 1. The Labute approximate surface area is 258 Å². The normalized spacial score (nSPS) is 16.6. The number of fused-ring (bicyclic) bond motifs is 1. The second kappa shape index (κ2) is 13.4. The molecule has 3 aromatic carbocycles. The molecule has 9 nitrogen and oxygen atoms in total. The maximum Gasteiger partial charge on any atom is 0.511 e. The third-order valence-corrected chi connectivity index (χ3v) is 8.51. The number of carboxylic acids is 1. The predicted molar refractivity (Wildman–Crippen MR) is 167 cm³/mol. The van der Waals surface area contributed by atoms with Crippen LogP contribution in [0.3, 0.4) is 0 Å². The first-order valence-corrected chi connectivity index (χ1v) is 15.3. The van der Waals surface area contributed by atoms with Crippen LogP contribution in [0.2, 0.25) is 0 Å². The molecule has 2 unspecified atom stereocenters. The highest BCUT2D eigenvalue weighted by Gasteiger charge is 2.35. The summed E-state index contributed by atoms with van der Waals surface area (Å²) in [5.74, 6) is -1.17. The van der Waals surface area contributed by atoms with Crippen molar-refractivity contribution in [3.63, 3.8) is 0 Å². The third-order valence-electron chi connectivity index (χ3n) is 8.02. The summed E-state index contributed by atoms with van der Waals surface area (Å²) < 4.78 is 7.88. The molecule has 0 radical (unpaired) electrons. The number of aromatic nitrogens is 2. The van der Waals surface area contributed by atoms with Crippen LogP contribution >= 0.6 is 15.9 Å². The Hall–Kier alpha value is -4.18. The fourth-order valence-electron chi connectivity index (χ4n) is 5.81. The molecule has 1 fully saturated rings. The highest BCUT2D eigenvalue weighted by molar-refractivity contribution is 9.10. The van der Waals surface area contributed by atoms with Gasteiger partial charge in [-0.2, -0.15) is 0 Å². The predicted octanol–water partition coefficient (Wildman–Crippen LogP) is 7.74. The maximum atomic E-state index is 13.2. The van der Waals surface area contributed by atoms with Crippen molar-refractivity contribution in [1.82, 2.24) is 9.55 Å². The van der Waals surface area contributed by atoms with Gasteiger partial charge >= 0.3 is 12.1 Å². The van der Waals surface area contributed by atoms with Gasteiger partial charge in [0.2, 0.25) is 5.91 Å². The minimum absolute atomic E-state index is 0.245. The minimum Gasteiger partial charge on any atom is -0.481 e. The number of rotatable bonds is 10. The highest BCUT2D eigenvalue weighted by atomic mass is 79.9. The van der Waals surface area contributed by atoms with Crippen molar-refractivity contribution in [2.75, 3.05) is 5.32 Å². The van der Waals surface area contributed by atoms with Crippen LogP contribution in [-0.2, 0) is 22.6 Å². The van der Waals surface area contributed by atoms with Gasteiger partial charge in [-0.3, -0.25) is 9.59 Å². The third kappa shape index (κ3) is 7.07. The molecule has 4 aromatic rings. The topological polar surface area (TPSA) is 131 Å². The number of ether oxygens (including phenoxy) is 1. The van der Waals surface area contributed by atoms with E-state index in [2.05, 4.69) is 32.7 Å². The minimum atomic E-state index is -1.38. The first-order valence-electron chi connectivity index (χ1n) is 14.6. The van der Waals surface area contributed by atoms with E-state index in [0.717, 1.165) is 60.1 Å². The van der Waals surface area contributed by atoms with E-state index in [-0.39, 0.29) is 11.7 Å². The number of amides is 1. The number of nitrogens with zero attached hydrogens (tertiary/aromatic N) is 2. The molecule has 43 heavy (non-hydrogen) atoms. The van der Waals surface area contributed by atoms with Crippen molar-refractivity contribution in [1.29, 1.82) is 0 Å². The van der Waals surface area contributed by atoms with Crippen molar-refractivity contribution < 1.29 is 29.3 Å². The van der Waals surface area contributed by atoms with Crippen LogP contribution in [0.1, 0.15) is 56.8 Å². The molecule has 10 heteroatoms. The van der Waals surface area contributed by atoms with E-state index in [1.165, 1.54) is 0 Å². The summed E-state index contributed by atoms with van der Waals surface area (Å²) in [6.45, 7) is 2.69. The zero-order valence-corrected chi connectivity index (χ0v) is 25.5. The number of hydrogen-bond donors (Lipinski definition) is 3. The average molecular weight is 649 g/mol. The lowest BCUT2D eigenvalue weighted by molar-refractivity contribution is -0.147. The van der Waals surface area contributed by atoms with Crippen LogP contribution in [0.4, 0.5) is 10.5 Å². The van der Waals surface area contributed by atoms with Gasteiger partial charge in [0.1, 0.15) is 11.6 Å². The van der Waals surface area contributed by atoms with Crippen LogP contribution < -0.4 is 10.1 Å². The van der Waals surface area contributed by atoms with Gasteiger partial charge in [0.25, 0.3) is 0 Å². The highest BCUT2D eigenvalue weighted by Crippen LogP contribution is 2.34. The Bertz CT molecular complexity index is 1650. The molecule has 224 valence electrons. The Kier molecular flexibility index (Phi) is 9.45. The molecule has 3 N–H and O–H groups in total. The quantitative estimate of drug-likeness (QED) is 0.118. The fourth-order valence-corrected chi connectivity index (χ4v) is 6.15. The molecule has 0 aliphatic heterocycles. The number of carbonyl (C=O) groups is 3. The van der Waals surface area contributed by atoms with Gasteiger partial charge in [0.05, 0.1) is 22.9 Å². The smallest absolute Gasteiger partial charge is 0.481 e. The van der Waals surface area contributed by atoms with Crippen LogP contribution in [0.15, 0.2) is 65.1 Å². The number of hydrogen-bond acceptors (Lipinski definition) is 5. The number of aryl methyl sites for hydroxylation is 1. The van der Waals surface area contributed by atoms with Crippen molar-refractivity contribution in [3.05, 3.63) is 76.5 Å². The zero-order valence-electron chi connectivity index (χ0n) is 23.9. The SMILES string of the molecule is CCCCc1nc2ccc(NC(=O)C3CCCCC3C(=O)O)cc2n1Cc1ccc(-c2ccc(Br)cc2OC(=O)O)cc1. The molecular weight excluding hydrogens is 614 g/mol. The number of unbranched alkanes of at least 4 members (excludes halogenated alkanes) is 1. The summed E-state index contributed by atoms with van der Waals surface area (Å²) >= 11 is 3.37. The molecule has 0 bridgehead atoms. The first-order chi connectivity index (χ1) is 20.7. The summed E-state index contributed by atoms with van der Waals surface area (Å²) in [5, 5.41) is 21.8. The summed E-state index contributed by atoms with van der Waals surface area (Å²) in [6, 6.07) is 18.8. The Morgan fingerprint density at radius 2 is 1.74 bits per heavy atom. The first kappa shape index (κ1) is 30.3. The number of halogens is 1. The Balaban J connectivity index is 1.42. The molecule has 0 saturated heterocycles. The molecular formula is C33H34BrN3O6. The summed E-state index contributed by atoms with van der Waals surface area (Å²) in [5.41, 5.74) is 4.84. The Morgan fingerprint density at radius 1 is 1.00 bits per heavy atom. The van der Waals surface area contributed by atoms with Crippen LogP contribution in [0.25, 0.3) is 22.2 Å². The van der Waals surface area contributed by atoms with E-state index in [0.29, 0.717) is 35.1 Å². The van der Waals surface area contributed by atoms with Gasteiger partial charge in [-0.15, -0.1) is 0 Å². The fraction of sp³-hybridized carbons (Fsp3) is 0.333. The standard InChI is InChI=1S/C33H34BrN3O6/c1-2-3-8-30-36-27-16-14-23(35-31(38)25-6-4-5-7-26(25)32(39)40)18-28(27)37(30)19-20-9-11-21(12-10-20)24-15-13-22(34)17-29(24)43-33(41)42/h9-18,25-26H,2-8,19H2,1H3,(H,35,38)(H,39,40)(H,41,42). The molecule has 1 saturated carbocycles. The average Bonchev–Trinajstić information content (AvgIpc) is 3.32. The number of carbonyl (C=O) groups excluding carboxylic acids is 1. The largest absolute Gasteiger partial charge is 0.511 e. The van der Waals surface area contributed by atoms with Gasteiger partial charge in [-0.05, 0) is 66.8 Å². The molecule has 0 spiro atoms. The van der Waals surface area contributed by atoms with Crippen molar-refractivity contribution in [2.45, 2.75) is 58.4 Å². The van der Waals surface area contributed by atoms with Gasteiger partial charge in [-0.25, -0.2) is 9.78 Å². The van der Waals surface area contributed by atoms with E-state index in [1.807, 2.05) is 54.6 Å². The number of aliphatic carboxylic acids is 1. The van der Waals surface area contributed by atoms with Crippen LogP contribution in [0, 0.1) is 11.8 Å². The molecule has 1 aliphatic rings. The van der Waals surface area contributed by atoms with Gasteiger partial charge in [0.15, 0.2) is 0 Å². The van der Waals surface area contributed by atoms with Crippen molar-refractivity contribution >= 4 is 50.7 Å². The van der Waals surface area contributed by atoms with E-state index in [9.17, 15) is 19.5 Å². The number of benzene rings is 3. The number of imidazole rings is 1. The van der Waals surface area contributed by atoms with Crippen molar-refractivity contribution in [2.24, 2.45) is 11.8 Å². The monoisotopic (exact) mass is 647 g/mol. The number of nitrogens with one attached hydrogen (secondary N) is 1. The molecule has 2 atom stereocenters. The van der Waals surface area contributed by atoms with Crippen LogP contribution in [-0.4, -0.2) is 37.8 Å². The summed E-state index contributed by atoms with van der Waals surface area (Å²) in [6.07, 6.45) is 4.22. The second-order valence-electron chi connectivity index (χ2n) is 11.0. The lowest BCUT2D eigenvalue weighted by Crippen LogP contribution is -2.36. The van der Waals surface area contributed by atoms with Crippen molar-refractivity contribution in [3.8, 4) is 16.9 Å². The van der Waals surface area contributed by atoms with Gasteiger partial charge in [0, 0.05) is 28.7 Å². The molecule has 1 amide bonds. The van der Waals surface area contributed by atoms with E-state index in [1.54, 1.807) is 6.07 Å². The maximum absolute atomic E-state index is 13.2. The molecule has 1 heterocycles. The van der Waals surface area contributed by atoms with E-state index in [4.69, 9.17) is 14.8 Å². The summed E-state index contributed by atoms with van der Waals surface area (Å²) in [7, 11) is 0. The summed E-state index contributed by atoms with van der Waals surface area (Å²) in [4.78, 5) is 41.0. The second-order valence-corrected chi connectivity index (χ2v) is 11.9. The van der Waals surface area contributed by atoms with E-state index < -0.39 is 24.0 Å². The van der Waals surface area contributed by atoms with Gasteiger partial charge < -0.3 is 24.8 Å². The number of carboxylic acid groups (broad SMARTS) is 2. The molecule has 1 aromatic heterocycles. The molecule has 1 aliphatic carbocycles. The Morgan fingerprint density at radius 3 is 2.44 bits per heavy atom. The zero-order chi connectivity index (χ0) is 30.5. The lowest BCUT2D eigenvalue weighted by atomic mass is 9.78. The van der Waals surface area contributed by atoms with E-state index >= 15 is 0 Å². The molecule has 5 rings (SSSR count). The van der Waals surface area contributed by atoms with Crippen LogP contribution in [0.5, 0.6) is 5.75 Å². The van der Waals surface area contributed by atoms with Gasteiger partial charge in [-0.1, -0.05) is 66.4 Å². The lowest BCUT2D eigenvalue weighted by Gasteiger charge is -2.27.